The lowest BCUT2D eigenvalue weighted by Crippen LogP contribution is -3.00. The molecule has 3 aromatic rings. The van der Waals surface area contributed by atoms with Gasteiger partial charge in [0.1, 0.15) is 11.9 Å². The molecule has 1 unspecified atom stereocenters. The van der Waals surface area contributed by atoms with E-state index in [1.165, 1.54) is 38.5 Å². The quantitative estimate of drug-likeness (QED) is 0.526. The molecule has 1 aromatic heterocycles. The Kier molecular flexibility index (Phi) is 8.37. The first-order chi connectivity index (χ1) is 18.2. The number of amides is 2. The lowest BCUT2D eigenvalue weighted by atomic mass is 9.82. The summed E-state index contributed by atoms with van der Waals surface area (Å²) in [5, 5.41) is 3.47. The molecule has 2 heterocycles. The molecule has 2 aliphatic carbocycles. The van der Waals surface area contributed by atoms with Gasteiger partial charge < -0.3 is 27.2 Å². The summed E-state index contributed by atoms with van der Waals surface area (Å²) >= 11 is 0. The summed E-state index contributed by atoms with van der Waals surface area (Å²) in [6.07, 6.45) is 13.0. The number of para-hydroxylation sites is 2. The number of rotatable bonds is 6. The zero-order valence-electron chi connectivity index (χ0n) is 23.1. The molecular weight excluding hydrogens is 496 g/mol. The second-order valence-electron chi connectivity index (χ2n) is 11.2. The van der Waals surface area contributed by atoms with Crippen molar-refractivity contribution in [2.75, 3.05) is 11.4 Å². The normalized spacial score (nSPS) is 19.9. The Bertz CT molecular complexity index is 1280. The third-order valence-electron chi connectivity index (χ3n) is 8.68. The standard InChI is InChI=1S/C31H38N4O2.ClH/c36-28-19-10-20-34(28)25-16-9-13-23(21-25)30-33-26-17-7-8-18-27(26)35(30)29(22-11-3-1-4-12-22)31(37)32-24-14-5-2-6-15-24;/h7-9,13,16-18,21-22,24,29H,1-6,10-12,14-15,19-20H2,(H,32,37);1H. The van der Waals surface area contributed by atoms with Gasteiger partial charge in [-0.25, -0.2) is 4.98 Å². The molecule has 0 spiro atoms. The molecule has 7 heteroatoms. The van der Waals surface area contributed by atoms with Crippen molar-refractivity contribution in [3.8, 4) is 11.4 Å². The van der Waals surface area contributed by atoms with Crippen molar-refractivity contribution >= 4 is 28.5 Å². The van der Waals surface area contributed by atoms with Crippen LogP contribution in [0, 0.1) is 5.92 Å². The average molecular weight is 535 g/mol. The zero-order valence-corrected chi connectivity index (χ0v) is 22.8. The van der Waals surface area contributed by atoms with E-state index in [-0.39, 0.29) is 43.6 Å². The van der Waals surface area contributed by atoms with Crippen molar-refractivity contribution in [3.63, 3.8) is 0 Å². The Morgan fingerprint density at radius 3 is 2.39 bits per heavy atom. The fraction of sp³-hybridized carbons (Fsp3) is 0.516. The van der Waals surface area contributed by atoms with Gasteiger partial charge in [-0.15, -0.1) is 0 Å². The van der Waals surface area contributed by atoms with Crippen LogP contribution in [0.15, 0.2) is 48.5 Å². The molecule has 1 aliphatic heterocycles. The number of hydrogen-bond donors (Lipinski definition) is 1. The van der Waals surface area contributed by atoms with Gasteiger partial charge in [0.2, 0.25) is 11.8 Å². The van der Waals surface area contributed by atoms with E-state index in [1.54, 1.807) is 0 Å². The summed E-state index contributed by atoms with van der Waals surface area (Å²) in [6.45, 7) is 0.757. The van der Waals surface area contributed by atoms with Crippen LogP contribution < -0.4 is 22.6 Å². The van der Waals surface area contributed by atoms with Crippen molar-refractivity contribution < 1.29 is 23.4 Å². The van der Waals surface area contributed by atoms with Crippen molar-refractivity contribution in [2.24, 2.45) is 5.92 Å². The van der Waals surface area contributed by atoms with Crippen molar-refractivity contribution in [2.45, 2.75) is 89.1 Å². The van der Waals surface area contributed by atoms with E-state index in [9.17, 15) is 9.59 Å². The number of aromatic nitrogens is 2. The molecule has 2 aromatic carbocycles. The van der Waals surface area contributed by atoms with Crippen LogP contribution in [-0.2, 0) is 9.59 Å². The Labute approximate surface area is 233 Å². The molecule has 6 nitrogen and oxygen atoms in total. The van der Waals surface area contributed by atoms with Crippen LogP contribution in [0.4, 0.5) is 5.69 Å². The molecule has 6 rings (SSSR count). The summed E-state index contributed by atoms with van der Waals surface area (Å²) in [4.78, 5) is 33.6. The molecule has 1 N–H and O–H groups in total. The van der Waals surface area contributed by atoms with Crippen LogP contribution in [0.2, 0.25) is 0 Å². The van der Waals surface area contributed by atoms with Gasteiger partial charge in [0.15, 0.2) is 0 Å². The predicted octanol–water partition coefficient (Wildman–Crippen LogP) is 3.52. The Morgan fingerprint density at radius 1 is 0.921 bits per heavy atom. The van der Waals surface area contributed by atoms with Crippen LogP contribution in [0.25, 0.3) is 22.4 Å². The first kappa shape index (κ1) is 26.7. The van der Waals surface area contributed by atoms with Crippen molar-refractivity contribution in [1.82, 2.24) is 14.9 Å². The molecule has 1 saturated heterocycles. The smallest absolute Gasteiger partial charge is 1.00 e. The first-order valence-corrected chi connectivity index (χ1v) is 14.4. The first-order valence-electron chi connectivity index (χ1n) is 14.4. The second-order valence-corrected chi connectivity index (χ2v) is 11.2. The third kappa shape index (κ3) is 5.33. The maximum absolute atomic E-state index is 14.1. The average Bonchev–Trinajstić information content (AvgIpc) is 3.54. The van der Waals surface area contributed by atoms with Gasteiger partial charge in [-0.3, -0.25) is 9.59 Å². The fourth-order valence-electron chi connectivity index (χ4n) is 6.79. The Hall–Kier alpha value is -2.86. The molecule has 2 amide bonds. The monoisotopic (exact) mass is 534 g/mol. The van der Waals surface area contributed by atoms with Crippen LogP contribution in [0.3, 0.4) is 0 Å². The summed E-state index contributed by atoms with van der Waals surface area (Å²) in [7, 11) is 0. The largest absolute Gasteiger partial charge is 1.00 e. The Balaban J connectivity index is 0.00000176. The van der Waals surface area contributed by atoms with Gasteiger partial charge in [-0.05, 0) is 62.3 Å². The highest BCUT2D eigenvalue weighted by Crippen LogP contribution is 2.39. The zero-order chi connectivity index (χ0) is 25.2. The highest BCUT2D eigenvalue weighted by molar-refractivity contribution is 5.96. The highest BCUT2D eigenvalue weighted by atomic mass is 35.5. The fourth-order valence-corrected chi connectivity index (χ4v) is 6.79. The number of fused-ring (bicyclic) bond motifs is 1. The summed E-state index contributed by atoms with van der Waals surface area (Å²) < 4.78 is 2.23. The van der Waals surface area contributed by atoms with Crippen LogP contribution in [0.1, 0.15) is 84.5 Å². The van der Waals surface area contributed by atoms with E-state index < -0.39 is 0 Å². The van der Waals surface area contributed by atoms with E-state index >= 15 is 0 Å². The number of benzene rings is 2. The number of nitrogens with zero attached hydrogens (tertiary/aromatic N) is 3. The number of nitrogens with one attached hydrogen (secondary N) is 1. The highest BCUT2D eigenvalue weighted by Gasteiger charge is 2.35. The maximum Gasteiger partial charge on any atom is 1.00 e. The molecule has 3 aliphatic rings. The van der Waals surface area contributed by atoms with Crippen molar-refractivity contribution in [1.29, 1.82) is 0 Å². The van der Waals surface area contributed by atoms with Crippen LogP contribution >= 0.6 is 0 Å². The molecule has 0 radical (unpaired) electrons. The minimum Gasteiger partial charge on any atom is -1.00 e. The van der Waals surface area contributed by atoms with Crippen molar-refractivity contribution in [3.05, 3.63) is 48.5 Å². The molecule has 2 saturated carbocycles. The molecular formula is C31H39ClN4O2. The lowest BCUT2D eigenvalue weighted by molar-refractivity contribution is -0.127. The summed E-state index contributed by atoms with van der Waals surface area (Å²) in [5.74, 6) is 1.44. The maximum atomic E-state index is 14.1. The number of carbonyl (C=O) groups is 2. The molecule has 3 fully saturated rings. The number of anilines is 1. The molecule has 1 atom stereocenters. The van der Waals surface area contributed by atoms with E-state index in [2.05, 4.69) is 28.1 Å². The predicted molar refractivity (Wildman–Crippen MR) is 148 cm³/mol. The number of carbonyl (C=O) groups excluding carboxylic acids is 2. The molecule has 202 valence electrons. The molecule has 0 bridgehead atoms. The van der Waals surface area contributed by atoms with Gasteiger partial charge in [0, 0.05) is 30.3 Å². The number of imidazole rings is 1. The second kappa shape index (κ2) is 11.9. The van der Waals surface area contributed by atoms with Gasteiger partial charge in [-0.1, -0.05) is 62.8 Å². The topological polar surface area (TPSA) is 67.2 Å². The minimum absolute atomic E-state index is 0. The lowest BCUT2D eigenvalue weighted by Gasteiger charge is -2.34. The van der Waals surface area contributed by atoms with E-state index in [4.69, 9.17) is 4.98 Å². The summed E-state index contributed by atoms with van der Waals surface area (Å²) in [6, 6.07) is 16.4. The van der Waals surface area contributed by atoms with E-state index in [0.29, 0.717) is 6.42 Å². The van der Waals surface area contributed by atoms with Gasteiger partial charge in [-0.2, -0.15) is 0 Å². The van der Waals surface area contributed by atoms with Gasteiger partial charge in [0.25, 0.3) is 0 Å². The number of halogens is 1. The molecule has 38 heavy (non-hydrogen) atoms. The van der Waals surface area contributed by atoms with E-state index in [0.717, 1.165) is 66.8 Å². The van der Waals surface area contributed by atoms with E-state index in [1.807, 2.05) is 35.2 Å². The SMILES string of the molecule is O=C(NC1CCCCC1)C(C1CCCCC1)n1c(-c2cccc(N3CCCC3=O)c2)nc2ccccc21.[Cl-].[H+]. The number of hydrogen-bond acceptors (Lipinski definition) is 3. The van der Waals surface area contributed by atoms with Gasteiger partial charge in [0.05, 0.1) is 11.0 Å². The Morgan fingerprint density at radius 2 is 1.66 bits per heavy atom. The minimum atomic E-state index is -0.290. The van der Waals surface area contributed by atoms with Gasteiger partial charge >= 0.3 is 1.43 Å². The van der Waals surface area contributed by atoms with Crippen LogP contribution in [0.5, 0.6) is 0 Å². The summed E-state index contributed by atoms with van der Waals surface area (Å²) in [5.41, 5.74) is 3.79. The third-order valence-corrected chi connectivity index (χ3v) is 8.68. The van der Waals surface area contributed by atoms with Crippen LogP contribution in [-0.4, -0.2) is 34.0 Å².